The highest BCUT2D eigenvalue weighted by Gasteiger charge is 2.40. The van der Waals surface area contributed by atoms with Crippen LogP contribution in [0, 0.1) is 0 Å². The van der Waals surface area contributed by atoms with Crippen LogP contribution in [-0.4, -0.2) is 75.5 Å². The number of ether oxygens (including phenoxy) is 2. The molecule has 3 unspecified atom stereocenters. The number of hydrogen-bond acceptors (Lipinski definition) is 15. The van der Waals surface area contributed by atoms with E-state index in [1.807, 2.05) is 0 Å². The van der Waals surface area contributed by atoms with Crippen molar-refractivity contribution in [2.45, 2.75) is 50.0 Å². The Morgan fingerprint density at radius 3 is 2.17 bits per heavy atom. The Balaban J connectivity index is 1.07. The average molecular weight is 596 g/mol. The van der Waals surface area contributed by atoms with Crippen LogP contribution in [0.25, 0.3) is 22.3 Å². The molecule has 0 amide bonds. The molecule has 2 saturated heterocycles. The number of nitrogens with two attached hydrogens (primary N) is 2. The molecule has 6 heterocycles. The van der Waals surface area contributed by atoms with Gasteiger partial charge in [-0.1, -0.05) is 0 Å². The van der Waals surface area contributed by atoms with Crippen molar-refractivity contribution in [3.05, 3.63) is 25.3 Å². The summed E-state index contributed by atoms with van der Waals surface area (Å²) in [5.74, 6) is 0.492. The van der Waals surface area contributed by atoms with Crippen molar-refractivity contribution in [2.24, 2.45) is 0 Å². The molecule has 18 nitrogen and oxygen atoms in total. The van der Waals surface area contributed by atoms with Crippen molar-refractivity contribution in [1.29, 1.82) is 0 Å². The molecule has 5 N–H and O–H groups in total. The molecular formula is C20H26N10O8P2. The third-order valence-corrected chi connectivity index (χ3v) is 7.98. The van der Waals surface area contributed by atoms with E-state index < -0.39 is 34.9 Å². The van der Waals surface area contributed by atoms with Crippen LogP contribution in [0.15, 0.2) is 25.3 Å². The summed E-state index contributed by atoms with van der Waals surface area (Å²) >= 11 is 0. The second kappa shape index (κ2) is 11.4. The number of hydrogen-bond donors (Lipinski definition) is 3. The van der Waals surface area contributed by atoms with E-state index in [0.29, 0.717) is 35.2 Å². The van der Waals surface area contributed by atoms with Crippen molar-refractivity contribution in [3.8, 4) is 0 Å². The van der Waals surface area contributed by atoms with Crippen molar-refractivity contribution < 1.29 is 37.1 Å². The number of nitrogen functional groups attached to an aromatic ring is 2. The Morgan fingerprint density at radius 1 is 0.875 bits per heavy atom. The largest absolute Gasteiger partial charge is 0.382 e. The molecule has 7 atom stereocenters. The summed E-state index contributed by atoms with van der Waals surface area (Å²) < 4.78 is 55.5. The van der Waals surface area contributed by atoms with Gasteiger partial charge in [-0.3, -0.25) is 18.3 Å². The highest BCUT2D eigenvalue weighted by atomic mass is 31.1. The molecule has 2 fully saturated rings. The number of imidazole rings is 2. The SMILES string of the molecule is Nc1ncnc2c1ncn2[C@H]1C[C@H](O[PH](=O)OC[C@@H]2CC[C@H](n3cnc4c(N)ncnc43)O2)C(CO[PH](=O)O)O1. The van der Waals surface area contributed by atoms with E-state index in [4.69, 9.17) is 39.4 Å². The molecule has 2 aliphatic heterocycles. The van der Waals surface area contributed by atoms with E-state index in [2.05, 4.69) is 29.9 Å². The van der Waals surface area contributed by atoms with Crippen molar-refractivity contribution >= 4 is 50.5 Å². The van der Waals surface area contributed by atoms with E-state index in [1.54, 1.807) is 15.5 Å². The standard InChI is InChI=1S/C20H26N10O8P2/c21-17-15-19(25-6-23-17)29(8-27-15)13-2-1-10(36-13)4-35-40(33)38-11-3-14(37-12(11)5-34-39(31)32)30-9-28-16-18(22)24-7-26-20(16)30/h6-14,39-40H,1-5H2,(H,31,32)(H2,21,23,25)(H2,22,24,26)/t10-,11-,12?,13+,14+/m0/s1. The molecule has 4 aromatic rings. The molecule has 40 heavy (non-hydrogen) atoms. The number of nitrogens with zero attached hydrogens (tertiary/aromatic N) is 8. The van der Waals surface area contributed by atoms with Gasteiger partial charge in [0.05, 0.1) is 38.1 Å². The minimum atomic E-state index is -3.22. The molecule has 0 spiro atoms. The number of aromatic nitrogens is 8. The van der Waals surface area contributed by atoms with Gasteiger partial charge in [0.2, 0.25) is 0 Å². The van der Waals surface area contributed by atoms with Gasteiger partial charge in [-0.05, 0) is 12.8 Å². The molecule has 6 rings (SSSR count). The topological polar surface area (TPSA) is 240 Å². The van der Waals surface area contributed by atoms with Gasteiger partial charge in [-0.2, -0.15) is 0 Å². The molecule has 0 saturated carbocycles. The third-order valence-electron chi connectivity index (χ3n) is 6.67. The summed E-state index contributed by atoms with van der Waals surface area (Å²) in [6.45, 7) is -0.225. The molecule has 2 aliphatic rings. The van der Waals surface area contributed by atoms with Gasteiger partial charge in [0.15, 0.2) is 22.9 Å². The van der Waals surface area contributed by atoms with Gasteiger partial charge in [0, 0.05) is 6.42 Å². The molecule has 0 aliphatic carbocycles. The summed E-state index contributed by atoms with van der Waals surface area (Å²) in [6.07, 6.45) is 4.38. The lowest BCUT2D eigenvalue weighted by Crippen LogP contribution is -2.27. The summed E-state index contributed by atoms with van der Waals surface area (Å²) in [5.41, 5.74) is 13.6. The maximum atomic E-state index is 12.8. The van der Waals surface area contributed by atoms with Crippen molar-refractivity contribution in [1.82, 2.24) is 39.0 Å². The first-order valence-corrected chi connectivity index (χ1v) is 14.7. The Kier molecular flexibility index (Phi) is 7.74. The Labute approximate surface area is 226 Å². The zero-order valence-electron chi connectivity index (χ0n) is 20.8. The molecule has 0 radical (unpaired) electrons. The molecular weight excluding hydrogens is 570 g/mol. The Hall–Kier alpha value is -3.08. The van der Waals surface area contributed by atoms with E-state index in [1.165, 1.54) is 19.0 Å². The average Bonchev–Trinajstić information content (AvgIpc) is 3.72. The van der Waals surface area contributed by atoms with Gasteiger partial charge in [0.1, 0.15) is 42.2 Å². The van der Waals surface area contributed by atoms with E-state index in [-0.39, 0.29) is 43.6 Å². The maximum absolute atomic E-state index is 12.8. The maximum Gasteiger partial charge on any atom is 0.319 e. The van der Waals surface area contributed by atoms with Gasteiger partial charge >= 0.3 is 16.5 Å². The minimum absolute atomic E-state index is 0.0307. The first-order valence-electron chi connectivity index (χ1n) is 12.2. The summed E-state index contributed by atoms with van der Waals surface area (Å²) in [6, 6.07) is 0. The fraction of sp³-hybridized carbons (Fsp3) is 0.500. The molecule has 214 valence electrons. The minimum Gasteiger partial charge on any atom is -0.382 e. The molecule has 4 aromatic heterocycles. The fourth-order valence-corrected chi connectivity index (χ4v) is 5.98. The van der Waals surface area contributed by atoms with E-state index in [0.717, 1.165) is 0 Å². The van der Waals surface area contributed by atoms with Crippen LogP contribution in [-0.2, 0) is 32.2 Å². The van der Waals surface area contributed by atoms with Crippen LogP contribution >= 0.6 is 16.5 Å². The first-order chi connectivity index (χ1) is 19.4. The summed E-state index contributed by atoms with van der Waals surface area (Å²) in [4.78, 5) is 33.9. The predicted molar refractivity (Wildman–Crippen MR) is 138 cm³/mol. The van der Waals surface area contributed by atoms with E-state index >= 15 is 0 Å². The number of fused-ring (bicyclic) bond motifs is 2. The highest BCUT2D eigenvalue weighted by Crippen LogP contribution is 2.40. The lowest BCUT2D eigenvalue weighted by molar-refractivity contribution is -0.0381. The monoisotopic (exact) mass is 596 g/mol. The second-order valence-electron chi connectivity index (χ2n) is 9.12. The van der Waals surface area contributed by atoms with Crippen LogP contribution in [0.3, 0.4) is 0 Å². The molecule has 0 aromatic carbocycles. The van der Waals surface area contributed by atoms with Crippen LogP contribution in [0.5, 0.6) is 0 Å². The van der Waals surface area contributed by atoms with Crippen molar-refractivity contribution in [2.75, 3.05) is 24.7 Å². The lowest BCUT2D eigenvalue weighted by atomic mass is 10.2. The Morgan fingerprint density at radius 2 is 1.52 bits per heavy atom. The van der Waals surface area contributed by atoms with Gasteiger partial charge in [0.25, 0.3) is 0 Å². The quantitative estimate of drug-likeness (QED) is 0.216. The normalized spacial score (nSPS) is 26.6. The Bertz CT molecular complexity index is 1570. The van der Waals surface area contributed by atoms with Crippen LogP contribution in [0.4, 0.5) is 11.6 Å². The van der Waals surface area contributed by atoms with Crippen LogP contribution in [0.2, 0.25) is 0 Å². The second-order valence-corrected chi connectivity index (χ2v) is 11.0. The van der Waals surface area contributed by atoms with Gasteiger partial charge in [-0.25, -0.2) is 29.9 Å². The zero-order chi connectivity index (χ0) is 27.8. The van der Waals surface area contributed by atoms with E-state index in [9.17, 15) is 9.13 Å². The third kappa shape index (κ3) is 5.44. The molecule has 0 bridgehead atoms. The molecule has 20 heteroatoms. The highest BCUT2D eigenvalue weighted by molar-refractivity contribution is 7.33. The van der Waals surface area contributed by atoms with Crippen LogP contribution < -0.4 is 11.5 Å². The number of anilines is 2. The number of rotatable bonds is 10. The summed E-state index contributed by atoms with van der Waals surface area (Å²) in [5, 5.41) is 0. The van der Waals surface area contributed by atoms with Crippen LogP contribution in [0.1, 0.15) is 31.7 Å². The lowest BCUT2D eigenvalue weighted by Gasteiger charge is -2.19. The smallest absolute Gasteiger partial charge is 0.319 e. The van der Waals surface area contributed by atoms with Gasteiger partial charge < -0.3 is 39.4 Å². The van der Waals surface area contributed by atoms with Gasteiger partial charge in [-0.15, -0.1) is 0 Å². The predicted octanol–water partition coefficient (Wildman–Crippen LogP) is 0.986. The first kappa shape index (κ1) is 27.1. The van der Waals surface area contributed by atoms with Crippen molar-refractivity contribution in [3.63, 3.8) is 0 Å². The summed E-state index contributed by atoms with van der Waals surface area (Å²) in [7, 11) is -6.23. The fourth-order valence-electron chi connectivity index (χ4n) is 4.79. The zero-order valence-corrected chi connectivity index (χ0v) is 22.8.